The molecule has 3 heterocycles. The van der Waals surface area contributed by atoms with Crippen LogP contribution in [0.1, 0.15) is 55.5 Å². The fraction of sp³-hybridized carbons (Fsp3) is 0.643. The highest BCUT2D eigenvalue weighted by Crippen LogP contribution is 2.29. The highest BCUT2D eigenvalue weighted by molar-refractivity contribution is 7.11. The topological polar surface area (TPSA) is 73.1 Å². The van der Waals surface area contributed by atoms with Crippen LogP contribution in [0.3, 0.4) is 0 Å². The Labute approximate surface area is 127 Å². The van der Waals surface area contributed by atoms with Crippen LogP contribution in [0, 0.1) is 0 Å². The highest BCUT2D eigenvalue weighted by Gasteiger charge is 2.23. The molecule has 0 bridgehead atoms. The molecule has 1 fully saturated rings. The zero-order chi connectivity index (χ0) is 14.9. The standard InChI is InChI=1S/C14H20N4O2S/c1-14(2,3)12-15-7-9(21-12)8-16-13-18-17-11(20-13)10-5-4-6-19-10/h7,10H,4-6,8H2,1-3H3,(H,16,18)/t10-/m0/s1. The van der Waals surface area contributed by atoms with Gasteiger partial charge in [-0.2, -0.15) is 0 Å². The van der Waals surface area contributed by atoms with Crippen LogP contribution in [0.15, 0.2) is 10.6 Å². The van der Waals surface area contributed by atoms with Crippen molar-refractivity contribution < 1.29 is 9.15 Å². The van der Waals surface area contributed by atoms with Gasteiger partial charge in [-0.15, -0.1) is 16.4 Å². The van der Waals surface area contributed by atoms with Crippen molar-refractivity contribution in [1.82, 2.24) is 15.2 Å². The van der Waals surface area contributed by atoms with E-state index in [0.29, 0.717) is 18.5 Å². The summed E-state index contributed by atoms with van der Waals surface area (Å²) in [4.78, 5) is 5.61. The first kappa shape index (κ1) is 14.5. The fourth-order valence-corrected chi connectivity index (χ4v) is 3.02. The molecule has 21 heavy (non-hydrogen) atoms. The number of hydrogen-bond donors (Lipinski definition) is 1. The summed E-state index contributed by atoms with van der Waals surface area (Å²) in [5.74, 6) is 0.565. The summed E-state index contributed by atoms with van der Waals surface area (Å²) in [7, 11) is 0. The van der Waals surface area contributed by atoms with Crippen LogP contribution in [0.25, 0.3) is 0 Å². The quantitative estimate of drug-likeness (QED) is 0.934. The maximum Gasteiger partial charge on any atom is 0.315 e. The number of aromatic nitrogens is 3. The van der Waals surface area contributed by atoms with Crippen molar-refractivity contribution in [2.45, 2.75) is 51.7 Å². The first-order valence-corrected chi connectivity index (χ1v) is 7.98. The molecule has 0 radical (unpaired) electrons. The van der Waals surface area contributed by atoms with Gasteiger partial charge in [0.25, 0.3) is 0 Å². The van der Waals surface area contributed by atoms with Crippen molar-refractivity contribution in [3.8, 4) is 0 Å². The van der Waals surface area contributed by atoms with E-state index in [-0.39, 0.29) is 11.5 Å². The molecule has 0 saturated carbocycles. The van der Waals surface area contributed by atoms with E-state index in [2.05, 4.69) is 41.3 Å². The van der Waals surface area contributed by atoms with Gasteiger partial charge in [-0.05, 0) is 12.8 Å². The molecule has 1 aliphatic heterocycles. The summed E-state index contributed by atoms with van der Waals surface area (Å²) in [6, 6.07) is 0.436. The van der Waals surface area contributed by atoms with Crippen LogP contribution in [0.5, 0.6) is 0 Å². The van der Waals surface area contributed by atoms with Crippen LogP contribution in [0.4, 0.5) is 6.01 Å². The van der Waals surface area contributed by atoms with E-state index in [0.717, 1.165) is 29.3 Å². The Morgan fingerprint density at radius 3 is 2.90 bits per heavy atom. The van der Waals surface area contributed by atoms with E-state index in [1.54, 1.807) is 11.3 Å². The minimum atomic E-state index is -0.0380. The number of hydrogen-bond acceptors (Lipinski definition) is 7. The molecule has 0 amide bonds. The second-order valence-corrected chi connectivity index (χ2v) is 7.30. The van der Waals surface area contributed by atoms with Gasteiger partial charge in [0, 0.05) is 23.1 Å². The first-order chi connectivity index (χ1) is 10.0. The third-order valence-electron chi connectivity index (χ3n) is 3.25. The van der Waals surface area contributed by atoms with E-state index in [1.165, 1.54) is 0 Å². The van der Waals surface area contributed by atoms with Gasteiger partial charge < -0.3 is 14.5 Å². The van der Waals surface area contributed by atoms with Crippen LogP contribution in [-0.2, 0) is 16.7 Å². The number of thiazole rings is 1. The average molecular weight is 308 g/mol. The van der Waals surface area contributed by atoms with E-state index < -0.39 is 0 Å². The van der Waals surface area contributed by atoms with Crippen molar-refractivity contribution >= 4 is 17.4 Å². The third-order valence-corrected chi connectivity index (χ3v) is 4.68. The van der Waals surface area contributed by atoms with Crippen molar-refractivity contribution in [3.63, 3.8) is 0 Å². The molecule has 0 aliphatic carbocycles. The minimum absolute atomic E-state index is 0.0380. The van der Waals surface area contributed by atoms with E-state index in [9.17, 15) is 0 Å². The summed E-state index contributed by atoms with van der Waals surface area (Å²) in [5, 5.41) is 12.3. The lowest BCUT2D eigenvalue weighted by Gasteiger charge is -2.13. The van der Waals surface area contributed by atoms with Crippen molar-refractivity contribution in [3.05, 3.63) is 22.0 Å². The Kier molecular flexibility index (Phi) is 3.95. The molecule has 1 atom stereocenters. The molecule has 3 rings (SSSR count). The van der Waals surface area contributed by atoms with Crippen molar-refractivity contribution in [1.29, 1.82) is 0 Å². The summed E-state index contributed by atoms with van der Waals surface area (Å²) in [6.45, 7) is 7.89. The molecule has 1 saturated heterocycles. The predicted molar refractivity (Wildman–Crippen MR) is 80.4 cm³/mol. The molecule has 2 aromatic rings. The Balaban J connectivity index is 1.59. The van der Waals surface area contributed by atoms with Gasteiger partial charge in [0.05, 0.1) is 11.6 Å². The number of rotatable bonds is 4. The fourth-order valence-electron chi connectivity index (χ4n) is 2.11. The SMILES string of the molecule is CC(C)(C)c1ncc(CNc2nnc([C@@H]3CCCO3)o2)s1. The summed E-state index contributed by atoms with van der Waals surface area (Å²) < 4.78 is 11.1. The normalized spacial score (nSPS) is 19.1. The Morgan fingerprint density at radius 2 is 2.24 bits per heavy atom. The van der Waals surface area contributed by atoms with Crippen LogP contribution in [0.2, 0.25) is 0 Å². The van der Waals surface area contributed by atoms with Crippen LogP contribution in [-0.4, -0.2) is 21.8 Å². The zero-order valence-electron chi connectivity index (χ0n) is 12.5. The summed E-state index contributed by atoms with van der Waals surface area (Å²) in [5.41, 5.74) is 0.0837. The highest BCUT2D eigenvalue weighted by atomic mass is 32.1. The third kappa shape index (κ3) is 3.41. The molecule has 2 aromatic heterocycles. The van der Waals surface area contributed by atoms with Gasteiger partial charge in [-0.1, -0.05) is 25.9 Å². The Bertz CT molecular complexity index is 596. The molecule has 0 spiro atoms. The van der Waals surface area contributed by atoms with E-state index >= 15 is 0 Å². The maximum absolute atomic E-state index is 5.59. The lowest BCUT2D eigenvalue weighted by atomic mass is 9.98. The van der Waals surface area contributed by atoms with Gasteiger partial charge >= 0.3 is 6.01 Å². The lowest BCUT2D eigenvalue weighted by Crippen LogP contribution is -2.09. The zero-order valence-corrected chi connectivity index (χ0v) is 13.4. The number of anilines is 1. The van der Waals surface area contributed by atoms with E-state index in [1.807, 2.05) is 6.20 Å². The Morgan fingerprint density at radius 1 is 1.38 bits per heavy atom. The second-order valence-electron chi connectivity index (χ2n) is 6.18. The molecule has 1 aliphatic rings. The molecule has 6 nitrogen and oxygen atoms in total. The monoisotopic (exact) mass is 308 g/mol. The summed E-state index contributed by atoms with van der Waals surface area (Å²) >= 11 is 1.70. The van der Waals surface area contributed by atoms with Crippen LogP contribution < -0.4 is 5.32 Å². The van der Waals surface area contributed by atoms with Gasteiger partial charge in [0.1, 0.15) is 6.10 Å². The molecule has 114 valence electrons. The van der Waals surface area contributed by atoms with E-state index in [4.69, 9.17) is 9.15 Å². The average Bonchev–Trinajstić information content (AvgIpc) is 3.16. The predicted octanol–water partition coefficient (Wildman–Crippen LogP) is 3.29. The van der Waals surface area contributed by atoms with Gasteiger partial charge in [0.15, 0.2) is 0 Å². The second kappa shape index (κ2) is 5.73. The Hall–Kier alpha value is -1.47. The molecular formula is C14H20N4O2S. The molecular weight excluding hydrogens is 288 g/mol. The summed E-state index contributed by atoms with van der Waals surface area (Å²) in [6.07, 6.45) is 3.86. The van der Waals surface area contributed by atoms with Crippen LogP contribution >= 0.6 is 11.3 Å². The first-order valence-electron chi connectivity index (χ1n) is 7.16. The number of nitrogens with one attached hydrogen (secondary N) is 1. The largest absolute Gasteiger partial charge is 0.405 e. The maximum atomic E-state index is 5.59. The molecule has 0 aromatic carbocycles. The lowest BCUT2D eigenvalue weighted by molar-refractivity contribution is 0.0897. The van der Waals surface area contributed by atoms with Crippen molar-refractivity contribution in [2.75, 3.05) is 11.9 Å². The van der Waals surface area contributed by atoms with Gasteiger partial charge in [0.2, 0.25) is 5.89 Å². The van der Waals surface area contributed by atoms with Gasteiger partial charge in [-0.25, -0.2) is 4.98 Å². The minimum Gasteiger partial charge on any atom is -0.405 e. The number of ether oxygens (including phenoxy) is 1. The number of nitrogens with zero attached hydrogens (tertiary/aromatic N) is 3. The van der Waals surface area contributed by atoms with Gasteiger partial charge in [-0.3, -0.25) is 0 Å². The van der Waals surface area contributed by atoms with Crippen molar-refractivity contribution in [2.24, 2.45) is 0 Å². The smallest absolute Gasteiger partial charge is 0.315 e. The molecule has 7 heteroatoms. The molecule has 1 N–H and O–H groups in total. The molecule has 0 unspecified atom stereocenters.